The number of primary sulfonamides is 1. The maximum atomic E-state index is 12.4. The lowest BCUT2D eigenvalue weighted by atomic mass is 10.1. The van der Waals surface area contributed by atoms with E-state index in [0.29, 0.717) is 11.3 Å². The molecule has 1 heterocycles. The molecule has 0 aliphatic rings. The Hall–Kier alpha value is -2.45. The molecule has 13 heteroatoms. The van der Waals surface area contributed by atoms with E-state index in [2.05, 4.69) is 20.2 Å². The molecule has 2 aromatic carbocycles. The lowest BCUT2D eigenvalue weighted by Gasteiger charge is -2.07. The van der Waals surface area contributed by atoms with Gasteiger partial charge in [-0.1, -0.05) is 41.7 Å². The van der Waals surface area contributed by atoms with Gasteiger partial charge in [-0.05, 0) is 22.9 Å². The van der Waals surface area contributed by atoms with Crippen LogP contribution in [0.2, 0.25) is 0 Å². The molecule has 1 aromatic heterocycles. The van der Waals surface area contributed by atoms with Crippen LogP contribution >= 0.6 is 11.3 Å². The summed E-state index contributed by atoms with van der Waals surface area (Å²) >= 11 is 0.599. The smallest absolute Gasteiger partial charge is 0.267 e. The van der Waals surface area contributed by atoms with Crippen molar-refractivity contribution < 1.29 is 21.6 Å². The monoisotopic (exact) mass is 441 g/mol. The molecule has 148 valence electrons. The number of aromatic nitrogens is 2. The van der Waals surface area contributed by atoms with Gasteiger partial charge in [0, 0.05) is 13.0 Å². The molecule has 28 heavy (non-hydrogen) atoms. The molecule has 0 unspecified atom stereocenters. The van der Waals surface area contributed by atoms with Gasteiger partial charge in [-0.15, -0.1) is 10.2 Å². The molecule has 0 aliphatic heterocycles. The van der Waals surface area contributed by atoms with Crippen molar-refractivity contribution in [2.45, 2.75) is 15.7 Å². The Bertz CT molecular complexity index is 1240. The third kappa shape index (κ3) is 4.88. The van der Waals surface area contributed by atoms with E-state index < -0.39 is 30.3 Å². The Morgan fingerprint density at radius 3 is 2.43 bits per heavy atom. The van der Waals surface area contributed by atoms with Crippen molar-refractivity contribution in [1.82, 2.24) is 14.9 Å². The standard InChI is InChI=1S/C15H15N5O5S3/c16-27(22,23)15-20-19-14(26-15)18-13(21)7-8-17-28(24,25)12-6-5-10-3-1-2-4-11(10)9-12/h1-6,9,17H,7-8H2,(H2,16,22,23)(H,18,19,21). The van der Waals surface area contributed by atoms with E-state index in [1.165, 1.54) is 6.07 Å². The van der Waals surface area contributed by atoms with Crippen molar-refractivity contribution in [2.24, 2.45) is 5.14 Å². The van der Waals surface area contributed by atoms with Crippen LogP contribution in [0.15, 0.2) is 51.7 Å². The lowest BCUT2D eigenvalue weighted by molar-refractivity contribution is -0.116. The first-order valence-electron chi connectivity index (χ1n) is 7.80. The first-order valence-corrected chi connectivity index (χ1v) is 11.6. The summed E-state index contributed by atoms with van der Waals surface area (Å²) in [6, 6.07) is 12.1. The van der Waals surface area contributed by atoms with Gasteiger partial charge in [-0.3, -0.25) is 4.79 Å². The number of fused-ring (bicyclic) bond motifs is 1. The van der Waals surface area contributed by atoms with E-state index in [0.717, 1.165) is 10.8 Å². The van der Waals surface area contributed by atoms with E-state index >= 15 is 0 Å². The molecule has 0 saturated carbocycles. The highest BCUT2D eigenvalue weighted by atomic mass is 32.2. The van der Waals surface area contributed by atoms with Crippen LogP contribution in [0.25, 0.3) is 10.8 Å². The van der Waals surface area contributed by atoms with Gasteiger partial charge in [0.2, 0.25) is 25.4 Å². The summed E-state index contributed by atoms with van der Waals surface area (Å²) in [5, 5.41) is 15.7. The van der Waals surface area contributed by atoms with Crippen molar-refractivity contribution in [3.05, 3.63) is 42.5 Å². The molecule has 0 spiro atoms. The Kier molecular flexibility index (Phi) is 5.71. The first kappa shape index (κ1) is 20.3. The molecule has 0 saturated heterocycles. The van der Waals surface area contributed by atoms with Gasteiger partial charge in [0.1, 0.15) is 0 Å². The predicted molar refractivity (Wildman–Crippen MR) is 104 cm³/mol. The molecule has 4 N–H and O–H groups in total. The molecule has 0 radical (unpaired) electrons. The highest BCUT2D eigenvalue weighted by molar-refractivity contribution is 7.91. The van der Waals surface area contributed by atoms with Crippen LogP contribution in [0.5, 0.6) is 0 Å². The number of hydrogen-bond acceptors (Lipinski definition) is 8. The second kappa shape index (κ2) is 7.89. The lowest BCUT2D eigenvalue weighted by Crippen LogP contribution is -2.27. The largest absolute Gasteiger partial charge is 0.300 e. The highest BCUT2D eigenvalue weighted by Gasteiger charge is 2.17. The number of nitrogens with one attached hydrogen (secondary N) is 2. The zero-order valence-electron chi connectivity index (χ0n) is 14.2. The minimum atomic E-state index is -4.00. The van der Waals surface area contributed by atoms with Crippen molar-refractivity contribution in [3.8, 4) is 0 Å². The average Bonchev–Trinajstić information content (AvgIpc) is 3.10. The summed E-state index contributed by atoms with van der Waals surface area (Å²) < 4.78 is 48.9. The minimum Gasteiger partial charge on any atom is -0.300 e. The van der Waals surface area contributed by atoms with Gasteiger partial charge in [-0.2, -0.15) is 0 Å². The number of sulfonamides is 2. The fourth-order valence-electron chi connectivity index (χ4n) is 2.27. The second-order valence-electron chi connectivity index (χ2n) is 5.62. The molecule has 1 amide bonds. The van der Waals surface area contributed by atoms with Crippen LogP contribution in [0, 0.1) is 0 Å². The van der Waals surface area contributed by atoms with Crippen LogP contribution < -0.4 is 15.2 Å². The first-order chi connectivity index (χ1) is 13.1. The van der Waals surface area contributed by atoms with E-state index in [9.17, 15) is 21.6 Å². The number of hydrogen-bond donors (Lipinski definition) is 3. The molecule has 3 rings (SSSR count). The van der Waals surface area contributed by atoms with E-state index in [4.69, 9.17) is 5.14 Å². The van der Waals surface area contributed by atoms with Crippen molar-refractivity contribution in [1.29, 1.82) is 0 Å². The van der Waals surface area contributed by atoms with E-state index in [-0.39, 0.29) is 23.0 Å². The number of benzene rings is 2. The Labute approximate surface area is 164 Å². The van der Waals surface area contributed by atoms with Crippen molar-refractivity contribution >= 4 is 53.2 Å². The molecule has 0 aliphatic carbocycles. The maximum Gasteiger partial charge on any atom is 0.267 e. The summed E-state index contributed by atoms with van der Waals surface area (Å²) in [7, 11) is -7.79. The van der Waals surface area contributed by atoms with E-state index in [1.807, 2.05) is 18.2 Å². The van der Waals surface area contributed by atoms with Gasteiger partial charge in [0.25, 0.3) is 10.0 Å². The molecular formula is C15H15N5O5S3. The van der Waals surface area contributed by atoms with Gasteiger partial charge in [0.15, 0.2) is 0 Å². The van der Waals surface area contributed by atoms with E-state index in [1.54, 1.807) is 18.2 Å². The number of nitrogens with zero attached hydrogens (tertiary/aromatic N) is 2. The Morgan fingerprint density at radius 2 is 1.75 bits per heavy atom. The fraction of sp³-hybridized carbons (Fsp3) is 0.133. The van der Waals surface area contributed by atoms with Crippen LogP contribution in [0.3, 0.4) is 0 Å². The zero-order chi connectivity index (χ0) is 20.4. The summed E-state index contributed by atoms with van der Waals surface area (Å²) in [5.41, 5.74) is 0. The summed E-state index contributed by atoms with van der Waals surface area (Å²) in [6.45, 7) is -0.151. The molecular weight excluding hydrogens is 426 g/mol. The topological polar surface area (TPSA) is 161 Å². The van der Waals surface area contributed by atoms with Gasteiger partial charge in [-0.25, -0.2) is 26.7 Å². The van der Waals surface area contributed by atoms with Crippen LogP contribution in [0.1, 0.15) is 6.42 Å². The Morgan fingerprint density at radius 1 is 1.04 bits per heavy atom. The second-order valence-corrected chi connectivity index (χ2v) is 10.1. The predicted octanol–water partition coefficient (Wildman–Crippen LogP) is 0.646. The number of carbonyl (C=O) groups is 1. The average molecular weight is 442 g/mol. The molecule has 0 fully saturated rings. The van der Waals surface area contributed by atoms with Crippen molar-refractivity contribution in [3.63, 3.8) is 0 Å². The summed E-state index contributed by atoms with van der Waals surface area (Å²) in [4.78, 5) is 12.0. The number of anilines is 1. The molecule has 0 atom stereocenters. The number of nitrogens with two attached hydrogens (primary N) is 1. The van der Waals surface area contributed by atoms with Gasteiger partial charge in [0.05, 0.1) is 4.90 Å². The van der Waals surface area contributed by atoms with Gasteiger partial charge < -0.3 is 5.32 Å². The molecule has 0 bridgehead atoms. The normalized spacial score (nSPS) is 12.2. The third-order valence-electron chi connectivity index (χ3n) is 3.57. The summed E-state index contributed by atoms with van der Waals surface area (Å²) in [5.74, 6) is -0.557. The van der Waals surface area contributed by atoms with Crippen molar-refractivity contribution in [2.75, 3.05) is 11.9 Å². The highest BCUT2D eigenvalue weighted by Crippen LogP contribution is 2.19. The Balaban J connectivity index is 1.58. The van der Waals surface area contributed by atoms with Crippen LogP contribution in [0.4, 0.5) is 5.13 Å². The molecule has 10 nitrogen and oxygen atoms in total. The zero-order valence-corrected chi connectivity index (χ0v) is 16.6. The van der Waals surface area contributed by atoms with Crippen LogP contribution in [-0.4, -0.2) is 39.5 Å². The summed E-state index contributed by atoms with van der Waals surface area (Å²) in [6.07, 6.45) is -0.183. The number of amides is 1. The number of rotatable bonds is 7. The quantitative estimate of drug-likeness (QED) is 0.453. The van der Waals surface area contributed by atoms with Gasteiger partial charge >= 0.3 is 0 Å². The SMILES string of the molecule is NS(=O)(=O)c1nnc(NC(=O)CCNS(=O)(=O)c2ccc3ccccc3c2)s1. The fourth-order valence-corrected chi connectivity index (χ4v) is 4.69. The number of carbonyl (C=O) groups excluding carboxylic acids is 1. The molecule has 3 aromatic rings. The third-order valence-corrected chi connectivity index (χ3v) is 7.18. The maximum absolute atomic E-state index is 12.4. The van der Waals surface area contributed by atoms with Crippen LogP contribution in [-0.2, 0) is 24.8 Å². The minimum absolute atomic E-state index is 0.0496.